The van der Waals surface area contributed by atoms with E-state index in [1.807, 2.05) is 37.9 Å². The van der Waals surface area contributed by atoms with Crippen molar-refractivity contribution in [3.8, 4) is 5.75 Å². The highest BCUT2D eigenvalue weighted by atomic mass is 16.5. The van der Waals surface area contributed by atoms with Crippen LogP contribution in [0.1, 0.15) is 52.8 Å². The van der Waals surface area contributed by atoms with Crippen molar-refractivity contribution in [3.05, 3.63) is 46.3 Å². The van der Waals surface area contributed by atoms with E-state index in [4.69, 9.17) is 9.47 Å². The lowest BCUT2D eigenvalue weighted by Gasteiger charge is -2.31. The van der Waals surface area contributed by atoms with Gasteiger partial charge in [-0.15, -0.1) is 0 Å². The number of nitrogens with zero attached hydrogens (tertiary/aromatic N) is 3. The molecular weight excluding hydrogens is 330 g/mol. The third-order valence-electron chi connectivity index (χ3n) is 5.43. The molecule has 0 aliphatic carbocycles. The Labute approximate surface area is 153 Å². The number of aromatic nitrogens is 2. The van der Waals surface area contributed by atoms with Crippen LogP contribution in [0, 0.1) is 0 Å². The second-order valence-electron chi connectivity index (χ2n) is 7.20. The fourth-order valence-corrected chi connectivity index (χ4v) is 4.20. The lowest BCUT2D eigenvalue weighted by atomic mass is 9.96. The van der Waals surface area contributed by atoms with E-state index in [0.717, 1.165) is 35.4 Å². The number of carbonyl (C=O) groups is 1. The van der Waals surface area contributed by atoms with Crippen molar-refractivity contribution in [1.82, 2.24) is 14.7 Å². The number of hydrogen-bond donors (Lipinski definition) is 0. The molecule has 2 aliphatic rings. The van der Waals surface area contributed by atoms with Gasteiger partial charge in [0.25, 0.3) is 5.91 Å². The number of benzene rings is 1. The molecule has 6 nitrogen and oxygen atoms in total. The fraction of sp³-hybridized carbons (Fsp3) is 0.500. The molecule has 0 fully saturated rings. The molecule has 2 aliphatic heterocycles. The third kappa shape index (κ3) is 2.69. The predicted molar refractivity (Wildman–Crippen MR) is 97.3 cm³/mol. The Kier molecular flexibility index (Phi) is 4.23. The van der Waals surface area contributed by atoms with Crippen LogP contribution in [-0.2, 0) is 31.2 Å². The number of amides is 1. The zero-order valence-electron chi connectivity index (χ0n) is 15.8. The maximum Gasteiger partial charge on any atom is 0.272 e. The highest BCUT2D eigenvalue weighted by molar-refractivity contribution is 5.94. The summed E-state index contributed by atoms with van der Waals surface area (Å²) >= 11 is 0. The van der Waals surface area contributed by atoms with Gasteiger partial charge in [0.1, 0.15) is 11.4 Å². The van der Waals surface area contributed by atoms with Gasteiger partial charge in [0.15, 0.2) is 0 Å². The number of methoxy groups -OCH3 is 1. The molecule has 0 N–H and O–H groups in total. The SMILES string of the molecule is COc1cccc2c1CN(C(=O)c1c3c(nn1C)[C@H](C)O[C@H](C)C3)CC2. The minimum Gasteiger partial charge on any atom is -0.496 e. The van der Waals surface area contributed by atoms with Crippen molar-refractivity contribution in [2.24, 2.45) is 7.05 Å². The molecule has 4 rings (SSSR count). The molecule has 0 saturated heterocycles. The molecule has 6 heteroatoms. The van der Waals surface area contributed by atoms with E-state index in [0.29, 0.717) is 18.8 Å². The number of aryl methyl sites for hydroxylation is 1. The topological polar surface area (TPSA) is 56.6 Å². The Balaban J connectivity index is 1.67. The van der Waals surface area contributed by atoms with Crippen LogP contribution < -0.4 is 4.74 Å². The van der Waals surface area contributed by atoms with Gasteiger partial charge < -0.3 is 14.4 Å². The molecule has 0 bridgehead atoms. The molecule has 0 radical (unpaired) electrons. The van der Waals surface area contributed by atoms with Crippen LogP contribution in [0.3, 0.4) is 0 Å². The summed E-state index contributed by atoms with van der Waals surface area (Å²) in [7, 11) is 3.53. The smallest absolute Gasteiger partial charge is 0.272 e. The van der Waals surface area contributed by atoms with Gasteiger partial charge in [-0.25, -0.2) is 0 Å². The normalized spacial score (nSPS) is 21.9. The number of hydrogen-bond acceptors (Lipinski definition) is 4. The van der Waals surface area contributed by atoms with Crippen molar-refractivity contribution >= 4 is 5.91 Å². The first kappa shape index (κ1) is 17.1. The van der Waals surface area contributed by atoms with Crippen molar-refractivity contribution in [3.63, 3.8) is 0 Å². The molecule has 2 atom stereocenters. The molecule has 0 unspecified atom stereocenters. The van der Waals surface area contributed by atoms with Crippen molar-refractivity contribution in [2.45, 2.75) is 45.4 Å². The van der Waals surface area contributed by atoms with Crippen molar-refractivity contribution < 1.29 is 14.3 Å². The maximum absolute atomic E-state index is 13.4. The minimum atomic E-state index is -0.0799. The summed E-state index contributed by atoms with van der Waals surface area (Å²) in [5, 5.41) is 4.58. The van der Waals surface area contributed by atoms with E-state index in [2.05, 4.69) is 11.2 Å². The van der Waals surface area contributed by atoms with Crippen molar-refractivity contribution in [2.75, 3.05) is 13.7 Å². The van der Waals surface area contributed by atoms with Crippen LogP contribution in [0.2, 0.25) is 0 Å². The number of fused-ring (bicyclic) bond motifs is 2. The molecular formula is C20H25N3O3. The fourth-order valence-electron chi connectivity index (χ4n) is 4.20. The first-order chi connectivity index (χ1) is 12.5. The van der Waals surface area contributed by atoms with Gasteiger partial charge in [-0.1, -0.05) is 12.1 Å². The van der Waals surface area contributed by atoms with E-state index in [-0.39, 0.29) is 18.1 Å². The van der Waals surface area contributed by atoms with E-state index >= 15 is 0 Å². The maximum atomic E-state index is 13.4. The standard InChI is InChI=1S/C20H25N3O3/c1-12-10-15-18(13(2)26-12)21-22(3)19(15)20(24)23-9-8-14-6-5-7-17(25-4)16(14)11-23/h5-7,12-13H,8-11H2,1-4H3/t12-,13+/m1/s1. The summed E-state index contributed by atoms with van der Waals surface area (Å²) in [5.41, 5.74) is 4.99. The summed E-state index contributed by atoms with van der Waals surface area (Å²) in [5.74, 6) is 0.891. The van der Waals surface area contributed by atoms with Crippen LogP contribution in [0.5, 0.6) is 5.75 Å². The average molecular weight is 355 g/mol. The lowest BCUT2D eigenvalue weighted by Crippen LogP contribution is -2.38. The van der Waals surface area contributed by atoms with Gasteiger partial charge in [-0.2, -0.15) is 5.10 Å². The number of rotatable bonds is 2. The molecule has 1 aromatic carbocycles. The Morgan fingerprint density at radius 3 is 2.88 bits per heavy atom. The highest BCUT2D eigenvalue weighted by Gasteiger charge is 2.34. The predicted octanol–water partition coefficient (Wildman–Crippen LogP) is 2.65. The van der Waals surface area contributed by atoms with Gasteiger partial charge in [0.05, 0.1) is 25.0 Å². The third-order valence-corrected chi connectivity index (χ3v) is 5.43. The summed E-state index contributed by atoms with van der Waals surface area (Å²) in [6.07, 6.45) is 1.58. The first-order valence-electron chi connectivity index (χ1n) is 9.14. The van der Waals surface area contributed by atoms with Gasteiger partial charge in [-0.05, 0) is 31.9 Å². The van der Waals surface area contributed by atoms with Gasteiger partial charge >= 0.3 is 0 Å². The van der Waals surface area contributed by atoms with Gasteiger partial charge in [0, 0.05) is 37.7 Å². The van der Waals surface area contributed by atoms with Crippen LogP contribution in [-0.4, -0.2) is 40.3 Å². The zero-order chi connectivity index (χ0) is 18.4. The van der Waals surface area contributed by atoms with Crippen LogP contribution in [0.4, 0.5) is 0 Å². The van der Waals surface area contributed by atoms with Crippen LogP contribution >= 0.6 is 0 Å². The Morgan fingerprint density at radius 2 is 2.12 bits per heavy atom. The van der Waals surface area contributed by atoms with E-state index in [1.54, 1.807) is 11.8 Å². The number of ether oxygens (including phenoxy) is 2. The molecule has 2 aromatic rings. The molecule has 26 heavy (non-hydrogen) atoms. The van der Waals surface area contributed by atoms with Crippen LogP contribution in [0.15, 0.2) is 18.2 Å². The number of carbonyl (C=O) groups excluding carboxylic acids is 1. The Bertz CT molecular complexity index is 844. The summed E-state index contributed by atoms with van der Waals surface area (Å²) < 4.78 is 13.1. The lowest BCUT2D eigenvalue weighted by molar-refractivity contribution is -0.00714. The minimum absolute atomic E-state index is 0.0408. The highest BCUT2D eigenvalue weighted by Crippen LogP contribution is 2.33. The Morgan fingerprint density at radius 1 is 1.31 bits per heavy atom. The van der Waals surface area contributed by atoms with Crippen molar-refractivity contribution in [1.29, 1.82) is 0 Å². The largest absolute Gasteiger partial charge is 0.496 e. The molecule has 0 spiro atoms. The van der Waals surface area contributed by atoms with Gasteiger partial charge in [-0.3, -0.25) is 9.48 Å². The molecule has 1 aromatic heterocycles. The van der Waals surface area contributed by atoms with Crippen LogP contribution in [0.25, 0.3) is 0 Å². The van der Waals surface area contributed by atoms with Gasteiger partial charge in [0.2, 0.25) is 0 Å². The van der Waals surface area contributed by atoms with E-state index < -0.39 is 0 Å². The Hall–Kier alpha value is -2.34. The first-order valence-corrected chi connectivity index (χ1v) is 9.14. The second-order valence-corrected chi connectivity index (χ2v) is 7.20. The molecule has 138 valence electrons. The zero-order valence-corrected chi connectivity index (χ0v) is 15.8. The second kappa shape index (κ2) is 6.43. The van der Waals surface area contributed by atoms with E-state index in [9.17, 15) is 4.79 Å². The summed E-state index contributed by atoms with van der Waals surface area (Å²) in [6.45, 7) is 5.32. The monoisotopic (exact) mass is 355 g/mol. The summed E-state index contributed by atoms with van der Waals surface area (Å²) in [4.78, 5) is 15.3. The quantitative estimate of drug-likeness (QED) is 0.831. The molecule has 0 saturated carbocycles. The summed E-state index contributed by atoms with van der Waals surface area (Å²) in [6, 6.07) is 6.08. The average Bonchev–Trinajstić information content (AvgIpc) is 2.96. The molecule has 1 amide bonds. The van der Waals surface area contributed by atoms with E-state index in [1.165, 1.54) is 5.56 Å². The molecule has 3 heterocycles.